The number of fused-ring (bicyclic) bond motifs is 1. The minimum Gasteiger partial charge on any atom is -0.312 e. The van der Waals surface area contributed by atoms with Crippen molar-refractivity contribution in [2.75, 3.05) is 7.05 Å². The van der Waals surface area contributed by atoms with Crippen molar-refractivity contribution < 1.29 is 0 Å². The zero-order valence-corrected chi connectivity index (χ0v) is 10.9. The number of nitrogens with zero attached hydrogens (tertiary/aromatic N) is 3. The minimum atomic E-state index is 0.480. The molecule has 0 saturated heterocycles. The molecule has 5 heteroatoms. The van der Waals surface area contributed by atoms with Crippen molar-refractivity contribution in [3.8, 4) is 10.7 Å². The first-order valence-electron chi connectivity index (χ1n) is 5.95. The fraction of sp³-hybridized carbons (Fsp3) is 0.500. The van der Waals surface area contributed by atoms with Crippen LogP contribution in [-0.2, 0) is 13.5 Å². The van der Waals surface area contributed by atoms with Crippen LogP contribution in [0, 0.1) is 0 Å². The Balaban J connectivity index is 2.01. The Labute approximate surface area is 105 Å². The topological polar surface area (TPSA) is 42.7 Å². The maximum Gasteiger partial charge on any atom is 0.144 e. The second-order valence-corrected chi connectivity index (χ2v) is 5.47. The highest BCUT2D eigenvalue weighted by Crippen LogP contribution is 2.37. The highest BCUT2D eigenvalue weighted by molar-refractivity contribution is 7.15. The Bertz CT molecular complexity index is 528. The number of rotatable bonds is 2. The predicted molar refractivity (Wildman–Crippen MR) is 69.1 cm³/mol. The molecule has 0 amide bonds. The molecule has 0 spiro atoms. The average Bonchev–Trinajstić information content (AvgIpc) is 2.93. The Morgan fingerprint density at radius 2 is 2.41 bits per heavy atom. The molecular weight excluding hydrogens is 232 g/mol. The van der Waals surface area contributed by atoms with Gasteiger partial charge in [-0.05, 0) is 32.4 Å². The molecule has 0 bridgehead atoms. The van der Waals surface area contributed by atoms with Crippen molar-refractivity contribution in [2.24, 2.45) is 7.05 Å². The van der Waals surface area contributed by atoms with Crippen LogP contribution in [0.4, 0.5) is 0 Å². The molecule has 1 N–H and O–H groups in total. The van der Waals surface area contributed by atoms with Gasteiger partial charge < -0.3 is 5.32 Å². The minimum absolute atomic E-state index is 0.480. The quantitative estimate of drug-likeness (QED) is 0.885. The molecule has 0 aliphatic heterocycles. The summed E-state index contributed by atoms with van der Waals surface area (Å²) in [7, 11) is 3.97. The summed E-state index contributed by atoms with van der Waals surface area (Å²) in [6.07, 6.45) is 5.51. The van der Waals surface area contributed by atoms with E-state index in [1.54, 1.807) is 11.3 Å². The molecule has 1 unspecified atom stereocenters. The molecule has 3 rings (SSSR count). The van der Waals surface area contributed by atoms with E-state index in [0.717, 1.165) is 17.1 Å². The van der Waals surface area contributed by atoms with E-state index in [0.29, 0.717) is 6.04 Å². The normalized spacial score (nSPS) is 19.3. The van der Waals surface area contributed by atoms with Gasteiger partial charge in [-0.25, -0.2) is 4.98 Å². The van der Waals surface area contributed by atoms with Gasteiger partial charge in [0, 0.05) is 24.2 Å². The number of aryl methyl sites for hydroxylation is 2. The van der Waals surface area contributed by atoms with Crippen molar-refractivity contribution in [3.63, 3.8) is 0 Å². The number of nitrogens with one attached hydrogen (secondary N) is 1. The number of aromatic nitrogens is 3. The second-order valence-electron chi connectivity index (χ2n) is 4.44. The van der Waals surface area contributed by atoms with Gasteiger partial charge in [0.05, 0.1) is 5.69 Å². The fourth-order valence-corrected chi connectivity index (χ4v) is 3.55. The highest BCUT2D eigenvalue weighted by Gasteiger charge is 2.24. The Hall–Kier alpha value is -1.20. The lowest BCUT2D eigenvalue weighted by Crippen LogP contribution is -2.19. The molecule has 2 aromatic heterocycles. The van der Waals surface area contributed by atoms with Crippen LogP contribution in [0.2, 0.25) is 0 Å². The largest absolute Gasteiger partial charge is 0.312 e. The van der Waals surface area contributed by atoms with E-state index in [2.05, 4.69) is 10.4 Å². The Morgan fingerprint density at radius 3 is 3.12 bits per heavy atom. The van der Waals surface area contributed by atoms with Crippen LogP contribution in [0.15, 0.2) is 12.3 Å². The van der Waals surface area contributed by atoms with Crippen LogP contribution in [0.25, 0.3) is 10.7 Å². The lowest BCUT2D eigenvalue weighted by molar-refractivity contribution is 0.501. The summed E-state index contributed by atoms with van der Waals surface area (Å²) in [5.41, 5.74) is 2.25. The van der Waals surface area contributed by atoms with Crippen molar-refractivity contribution in [1.29, 1.82) is 0 Å². The van der Waals surface area contributed by atoms with Gasteiger partial charge in [-0.2, -0.15) is 5.10 Å². The van der Waals surface area contributed by atoms with Crippen molar-refractivity contribution in [3.05, 3.63) is 22.8 Å². The van der Waals surface area contributed by atoms with Crippen LogP contribution in [-0.4, -0.2) is 21.8 Å². The van der Waals surface area contributed by atoms with Crippen molar-refractivity contribution in [2.45, 2.75) is 25.3 Å². The molecule has 1 atom stereocenters. The predicted octanol–water partition coefficient (Wildman–Crippen LogP) is 2.14. The molecule has 17 heavy (non-hydrogen) atoms. The molecule has 2 aromatic rings. The summed E-state index contributed by atoms with van der Waals surface area (Å²) in [6.45, 7) is 0. The smallest absolute Gasteiger partial charge is 0.144 e. The third-order valence-electron chi connectivity index (χ3n) is 3.23. The molecule has 0 aromatic carbocycles. The van der Waals surface area contributed by atoms with Gasteiger partial charge in [0.25, 0.3) is 0 Å². The van der Waals surface area contributed by atoms with E-state index in [-0.39, 0.29) is 0 Å². The van der Waals surface area contributed by atoms with E-state index in [1.807, 2.05) is 31.0 Å². The number of hydrogen-bond donors (Lipinski definition) is 1. The molecule has 0 radical (unpaired) electrons. The maximum absolute atomic E-state index is 4.74. The summed E-state index contributed by atoms with van der Waals surface area (Å²) in [4.78, 5) is 6.14. The third kappa shape index (κ3) is 1.89. The number of hydrogen-bond acceptors (Lipinski definition) is 4. The van der Waals surface area contributed by atoms with Crippen molar-refractivity contribution >= 4 is 11.3 Å². The molecule has 1 aliphatic rings. The molecule has 2 heterocycles. The van der Waals surface area contributed by atoms with E-state index in [4.69, 9.17) is 4.98 Å². The SMILES string of the molecule is CNC1CCCc2nc(-c3ccn(C)n3)sc21. The standard InChI is InChI=1S/C12H16N4S/c1-13-8-4-3-5-9-11(8)17-12(14-9)10-6-7-16(2)15-10/h6-8,13H,3-5H2,1-2H3. The van der Waals surface area contributed by atoms with Crippen LogP contribution in [0.3, 0.4) is 0 Å². The lowest BCUT2D eigenvalue weighted by Gasteiger charge is -2.19. The monoisotopic (exact) mass is 248 g/mol. The first-order valence-corrected chi connectivity index (χ1v) is 6.76. The summed E-state index contributed by atoms with van der Waals surface area (Å²) in [5.74, 6) is 0. The average molecular weight is 248 g/mol. The lowest BCUT2D eigenvalue weighted by atomic mass is 9.98. The van der Waals surface area contributed by atoms with Gasteiger partial charge in [-0.3, -0.25) is 4.68 Å². The maximum atomic E-state index is 4.74. The highest BCUT2D eigenvalue weighted by atomic mass is 32.1. The molecule has 0 fully saturated rings. The van der Waals surface area contributed by atoms with Crippen molar-refractivity contribution in [1.82, 2.24) is 20.1 Å². The second kappa shape index (κ2) is 4.23. The van der Waals surface area contributed by atoms with Gasteiger partial charge >= 0.3 is 0 Å². The van der Waals surface area contributed by atoms with Gasteiger partial charge in [0.2, 0.25) is 0 Å². The molecule has 90 valence electrons. The number of thiazole rings is 1. The summed E-state index contributed by atoms with van der Waals surface area (Å²) in [6, 6.07) is 2.51. The van der Waals surface area contributed by atoms with Crippen LogP contribution in [0.1, 0.15) is 29.5 Å². The molecule has 0 saturated carbocycles. The zero-order valence-electron chi connectivity index (χ0n) is 10.1. The zero-order chi connectivity index (χ0) is 11.8. The van der Waals surface area contributed by atoms with E-state index < -0.39 is 0 Å². The summed E-state index contributed by atoms with van der Waals surface area (Å²) in [5, 5.41) is 8.85. The van der Waals surface area contributed by atoms with E-state index in [1.165, 1.54) is 23.4 Å². The summed E-state index contributed by atoms with van der Waals surface area (Å²) >= 11 is 1.78. The van der Waals surface area contributed by atoms with Gasteiger partial charge in [0.1, 0.15) is 10.7 Å². The molecule has 1 aliphatic carbocycles. The Morgan fingerprint density at radius 1 is 1.53 bits per heavy atom. The van der Waals surface area contributed by atoms with Gasteiger partial charge in [-0.1, -0.05) is 0 Å². The molecular formula is C12H16N4S. The first kappa shape index (κ1) is 10.9. The Kier molecular flexibility index (Phi) is 2.72. The van der Waals surface area contributed by atoms with Crippen LogP contribution < -0.4 is 5.32 Å². The first-order chi connectivity index (χ1) is 8.28. The van der Waals surface area contributed by atoms with Gasteiger partial charge in [-0.15, -0.1) is 11.3 Å². The third-order valence-corrected chi connectivity index (χ3v) is 4.47. The molecule has 4 nitrogen and oxygen atoms in total. The van der Waals surface area contributed by atoms with Crippen LogP contribution >= 0.6 is 11.3 Å². The van der Waals surface area contributed by atoms with Gasteiger partial charge in [0.15, 0.2) is 0 Å². The van der Waals surface area contributed by atoms with E-state index >= 15 is 0 Å². The van der Waals surface area contributed by atoms with Crippen LogP contribution in [0.5, 0.6) is 0 Å². The fourth-order valence-electron chi connectivity index (χ4n) is 2.33. The van der Waals surface area contributed by atoms with E-state index in [9.17, 15) is 0 Å². The summed E-state index contributed by atoms with van der Waals surface area (Å²) < 4.78 is 1.82.